The molecule has 0 saturated heterocycles. The van der Waals surface area contributed by atoms with Crippen molar-refractivity contribution in [1.29, 1.82) is 0 Å². The van der Waals surface area contributed by atoms with Crippen LogP contribution in [0.1, 0.15) is 23.2 Å². The van der Waals surface area contributed by atoms with Gasteiger partial charge in [-0.1, -0.05) is 0 Å². The van der Waals surface area contributed by atoms with Crippen LogP contribution in [0.5, 0.6) is 17.2 Å². The van der Waals surface area contributed by atoms with E-state index in [0.29, 0.717) is 6.07 Å². The largest absolute Gasteiger partial charge is 0.496 e. The first kappa shape index (κ1) is 24.1. The predicted octanol–water partition coefficient (Wildman–Crippen LogP) is 3.46. The Balaban J connectivity index is 1.68. The minimum Gasteiger partial charge on any atom is -0.496 e. The Kier molecular flexibility index (Phi) is 6.92. The summed E-state index contributed by atoms with van der Waals surface area (Å²) < 4.78 is 54.7. The second-order valence-electron chi connectivity index (χ2n) is 7.70. The number of anilines is 1. The fourth-order valence-electron chi connectivity index (χ4n) is 3.29. The van der Waals surface area contributed by atoms with Crippen molar-refractivity contribution in [2.24, 2.45) is 0 Å². The summed E-state index contributed by atoms with van der Waals surface area (Å²) in [4.78, 5) is 28.5. The highest BCUT2D eigenvalue weighted by Crippen LogP contribution is 2.37. The van der Waals surface area contributed by atoms with Crippen LogP contribution in [-0.4, -0.2) is 48.3 Å². The van der Waals surface area contributed by atoms with Gasteiger partial charge in [-0.05, 0) is 25.0 Å². The molecule has 1 fully saturated rings. The number of aliphatic hydroxyl groups is 1. The Labute approximate surface area is 197 Å². The van der Waals surface area contributed by atoms with Gasteiger partial charge >= 0.3 is 6.03 Å². The van der Waals surface area contributed by atoms with Crippen molar-refractivity contribution in [3.05, 3.63) is 53.5 Å². The van der Waals surface area contributed by atoms with Crippen LogP contribution in [0.25, 0.3) is 10.9 Å². The van der Waals surface area contributed by atoms with Crippen LogP contribution in [0.4, 0.5) is 23.7 Å². The molecule has 1 aliphatic rings. The highest BCUT2D eigenvalue weighted by atomic mass is 19.2. The number of hydrogen-bond acceptors (Lipinski definition) is 6. The smallest absolute Gasteiger partial charge is 0.319 e. The Morgan fingerprint density at radius 2 is 1.91 bits per heavy atom. The van der Waals surface area contributed by atoms with Gasteiger partial charge in [-0.25, -0.2) is 13.6 Å². The summed E-state index contributed by atoms with van der Waals surface area (Å²) in [5.41, 5.74) is -0.355. The number of methoxy groups -OCH3 is 1. The highest BCUT2D eigenvalue weighted by Gasteiger charge is 2.26. The monoisotopic (exact) mass is 490 g/mol. The first-order valence-electron chi connectivity index (χ1n) is 10.6. The lowest BCUT2D eigenvalue weighted by molar-refractivity contribution is 0.0942. The Hall–Kier alpha value is -4.06. The van der Waals surface area contributed by atoms with Crippen LogP contribution in [0.3, 0.4) is 0 Å². The van der Waals surface area contributed by atoms with E-state index in [-0.39, 0.29) is 47.2 Å². The molecule has 1 aliphatic carbocycles. The summed E-state index contributed by atoms with van der Waals surface area (Å²) >= 11 is 0. The second kappa shape index (κ2) is 10.1. The van der Waals surface area contributed by atoms with Gasteiger partial charge in [-0.3, -0.25) is 9.78 Å². The van der Waals surface area contributed by atoms with Gasteiger partial charge < -0.3 is 30.5 Å². The molecule has 12 heteroatoms. The molecule has 0 unspecified atom stereocenters. The van der Waals surface area contributed by atoms with Crippen molar-refractivity contribution in [3.63, 3.8) is 0 Å². The number of aromatic nitrogens is 1. The molecule has 4 rings (SSSR count). The molecule has 3 aromatic rings. The molecule has 9 nitrogen and oxygen atoms in total. The molecule has 1 saturated carbocycles. The molecule has 0 aliphatic heterocycles. The number of amides is 3. The Morgan fingerprint density at radius 1 is 1.14 bits per heavy atom. The van der Waals surface area contributed by atoms with E-state index in [2.05, 4.69) is 20.9 Å². The lowest BCUT2D eigenvalue weighted by Crippen LogP contribution is -2.30. The second-order valence-corrected chi connectivity index (χ2v) is 7.70. The molecule has 1 heterocycles. The van der Waals surface area contributed by atoms with E-state index in [9.17, 15) is 22.8 Å². The molecule has 4 N–H and O–H groups in total. The van der Waals surface area contributed by atoms with Crippen LogP contribution in [-0.2, 0) is 0 Å². The van der Waals surface area contributed by atoms with E-state index in [0.717, 1.165) is 12.8 Å². The topological polar surface area (TPSA) is 122 Å². The molecule has 2 aromatic carbocycles. The average molecular weight is 490 g/mol. The number of benzene rings is 2. The number of hydrogen-bond donors (Lipinski definition) is 4. The molecule has 0 bridgehead atoms. The van der Waals surface area contributed by atoms with E-state index in [4.69, 9.17) is 14.6 Å². The first-order valence-corrected chi connectivity index (χ1v) is 10.6. The van der Waals surface area contributed by atoms with Crippen molar-refractivity contribution in [2.75, 3.05) is 25.6 Å². The van der Waals surface area contributed by atoms with Gasteiger partial charge in [-0.15, -0.1) is 0 Å². The molecule has 35 heavy (non-hydrogen) atoms. The number of urea groups is 1. The quantitative estimate of drug-likeness (QED) is 0.359. The number of aliphatic hydroxyl groups excluding tert-OH is 1. The third kappa shape index (κ3) is 5.22. The summed E-state index contributed by atoms with van der Waals surface area (Å²) in [5, 5.41) is 16.2. The number of ether oxygens (including phenoxy) is 2. The average Bonchev–Trinajstić information content (AvgIpc) is 3.66. The Morgan fingerprint density at radius 3 is 2.60 bits per heavy atom. The molecule has 0 radical (unpaired) electrons. The minimum absolute atomic E-state index is 0.00875. The van der Waals surface area contributed by atoms with Gasteiger partial charge in [0.2, 0.25) is 11.6 Å². The molecular formula is C23H21F3N4O5. The minimum atomic E-state index is -1.65. The SMILES string of the molecule is COc1cc2nccc(Oc3c(F)cc(NC(=O)NC4CC4)c(F)c3F)c2cc1C(=O)NCCO. The maximum Gasteiger partial charge on any atom is 0.319 e. The maximum atomic E-state index is 14.8. The van der Waals surface area contributed by atoms with Crippen LogP contribution in [0, 0.1) is 17.5 Å². The van der Waals surface area contributed by atoms with E-state index in [1.54, 1.807) is 0 Å². The number of rotatable bonds is 8. The van der Waals surface area contributed by atoms with Crippen molar-refractivity contribution < 1.29 is 37.3 Å². The molecule has 3 amide bonds. The van der Waals surface area contributed by atoms with Crippen molar-refractivity contribution >= 4 is 28.5 Å². The van der Waals surface area contributed by atoms with Crippen LogP contribution in [0.15, 0.2) is 30.5 Å². The Bertz CT molecular complexity index is 1300. The standard InChI is InChI=1S/C23H21F3N4O5/c1-34-18-10-15-12(8-13(18)22(32)28-6-7-31)17(4-5-27-15)35-21-14(24)9-16(19(25)20(21)26)30-23(33)29-11-2-3-11/h4-5,8-11,31H,2-3,6-7H2,1H3,(H,28,32)(H2,29,30,33). The third-order valence-corrected chi connectivity index (χ3v) is 5.15. The number of pyridine rings is 1. The van der Waals surface area contributed by atoms with Crippen molar-refractivity contribution in [3.8, 4) is 17.2 Å². The maximum absolute atomic E-state index is 14.8. The molecular weight excluding hydrogens is 469 g/mol. The fraction of sp³-hybridized carbons (Fsp3) is 0.261. The summed E-state index contributed by atoms with van der Waals surface area (Å²) in [6.07, 6.45) is 2.86. The van der Waals surface area contributed by atoms with Gasteiger partial charge in [0.1, 0.15) is 11.5 Å². The zero-order valence-electron chi connectivity index (χ0n) is 18.5. The van der Waals surface area contributed by atoms with Gasteiger partial charge in [-0.2, -0.15) is 4.39 Å². The highest BCUT2D eigenvalue weighted by molar-refractivity contribution is 6.02. The molecule has 184 valence electrons. The molecule has 0 atom stereocenters. The number of carbonyl (C=O) groups excluding carboxylic acids is 2. The van der Waals surface area contributed by atoms with Gasteiger partial charge in [0.15, 0.2) is 11.6 Å². The number of nitrogens with one attached hydrogen (secondary N) is 3. The molecule has 0 spiro atoms. The van der Waals surface area contributed by atoms with E-state index in [1.165, 1.54) is 31.5 Å². The zero-order valence-corrected chi connectivity index (χ0v) is 18.5. The summed E-state index contributed by atoms with van der Waals surface area (Å²) in [7, 11) is 1.35. The van der Waals surface area contributed by atoms with E-state index < -0.39 is 40.8 Å². The van der Waals surface area contributed by atoms with E-state index in [1.807, 2.05) is 0 Å². The summed E-state index contributed by atoms with van der Waals surface area (Å²) in [6, 6.07) is 3.85. The van der Waals surface area contributed by atoms with Crippen LogP contribution in [0.2, 0.25) is 0 Å². The summed E-state index contributed by atoms with van der Waals surface area (Å²) in [6.45, 7) is -0.292. The number of halogens is 3. The van der Waals surface area contributed by atoms with Gasteiger partial charge in [0.05, 0.1) is 30.5 Å². The number of carbonyl (C=O) groups is 2. The number of nitrogens with zero attached hydrogens (tertiary/aromatic N) is 1. The first-order chi connectivity index (χ1) is 16.8. The number of fused-ring (bicyclic) bond motifs is 1. The lowest BCUT2D eigenvalue weighted by Gasteiger charge is -2.15. The van der Waals surface area contributed by atoms with Crippen LogP contribution < -0.4 is 25.4 Å². The van der Waals surface area contributed by atoms with Gasteiger partial charge in [0, 0.05) is 36.3 Å². The van der Waals surface area contributed by atoms with E-state index >= 15 is 0 Å². The molecule has 1 aromatic heterocycles. The zero-order chi connectivity index (χ0) is 25.1. The lowest BCUT2D eigenvalue weighted by atomic mass is 10.1. The fourth-order valence-corrected chi connectivity index (χ4v) is 3.29. The van der Waals surface area contributed by atoms with Crippen LogP contribution >= 0.6 is 0 Å². The predicted molar refractivity (Wildman–Crippen MR) is 119 cm³/mol. The normalized spacial score (nSPS) is 12.8. The van der Waals surface area contributed by atoms with Crippen molar-refractivity contribution in [2.45, 2.75) is 18.9 Å². The summed E-state index contributed by atoms with van der Waals surface area (Å²) in [5.74, 6) is -5.96. The third-order valence-electron chi connectivity index (χ3n) is 5.15. The van der Waals surface area contributed by atoms with Gasteiger partial charge in [0.25, 0.3) is 5.91 Å². The van der Waals surface area contributed by atoms with Crippen molar-refractivity contribution in [1.82, 2.24) is 15.6 Å².